The fourth-order valence-electron chi connectivity index (χ4n) is 2.34. The lowest BCUT2D eigenvalue weighted by Crippen LogP contribution is -1.85. The first-order chi connectivity index (χ1) is 9.75. The van der Waals surface area contributed by atoms with Gasteiger partial charge in [-0.15, -0.1) is 0 Å². The molecule has 0 aromatic heterocycles. The van der Waals surface area contributed by atoms with Crippen molar-refractivity contribution in [1.29, 1.82) is 0 Å². The van der Waals surface area contributed by atoms with Gasteiger partial charge in [-0.05, 0) is 34.9 Å². The number of para-hydroxylation sites is 1. The fraction of sp³-hybridized carbons (Fsp3) is 0. The molecule has 2 nitrogen and oxygen atoms in total. The Kier molecular flexibility index (Phi) is 3.13. The van der Waals surface area contributed by atoms with Crippen LogP contribution >= 0.6 is 0 Å². The molecule has 0 spiro atoms. The summed E-state index contributed by atoms with van der Waals surface area (Å²) in [7, 11) is 0. The van der Waals surface area contributed by atoms with Crippen molar-refractivity contribution < 1.29 is 10.2 Å². The zero-order valence-electron chi connectivity index (χ0n) is 10.8. The molecule has 3 aromatic rings. The Labute approximate surface area is 117 Å². The average Bonchev–Trinajstić information content (AvgIpc) is 2.48. The third-order valence-corrected chi connectivity index (χ3v) is 3.28. The summed E-state index contributed by atoms with van der Waals surface area (Å²) in [6.45, 7) is 0. The predicted molar refractivity (Wildman–Crippen MR) is 80.6 cm³/mol. The van der Waals surface area contributed by atoms with Crippen LogP contribution in [0.4, 0.5) is 0 Å². The Morgan fingerprint density at radius 1 is 0.550 bits per heavy atom. The minimum atomic E-state index is 0.231. The molecule has 20 heavy (non-hydrogen) atoms. The van der Waals surface area contributed by atoms with E-state index in [1.807, 2.05) is 48.5 Å². The summed E-state index contributed by atoms with van der Waals surface area (Å²) in [5, 5.41) is 19.7. The van der Waals surface area contributed by atoms with E-state index in [-0.39, 0.29) is 11.5 Å². The van der Waals surface area contributed by atoms with Gasteiger partial charge in [0, 0.05) is 5.56 Å². The molecule has 0 radical (unpaired) electrons. The third kappa shape index (κ3) is 2.24. The average molecular weight is 262 g/mol. The highest BCUT2D eigenvalue weighted by atomic mass is 16.3. The van der Waals surface area contributed by atoms with E-state index >= 15 is 0 Å². The van der Waals surface area contributed by atoms with Gasteiger partial charge in [-0.1, -0.05) is 54.6 Å². The molecule has 2 heteroatoms. The molecule has 3 aromatic carbocycles. The molecule has 0 aliphatic heterocycles. The van der Waals surface area contributed by atoms with E-state index in [4.69, 9.17) is 0 Å². The lowest BCUT2D eigenvalue weighted by molar-refractivity contribution is 0.475. The first-order valence-corrected chi connectivity index (χ1v) is 6.42. The highest BCUT2D eigenvalue weighted by Crippen LogP contribution is 2.37. The Hall–Kier alpha value is -2.74. The van der Waals surface area contributed by atoms with Gasteiger partial charge in [0.05, 0.1) is 0 Å². The van der Waals surface area contributed by atoms with Gasteiger partial charge >= 0.3 is 0 Å². The molecule has 0 amide bonds. The minimum absolute atomic E-state index is 0.231. The molecule has 0 saturated carbocycles. The smallest absolute Gasteiger partial charge is 0.123 e. The zero-order valence-corrected chi connectivity index (χ0v) is 10.8. The summed E-state index contributed by atoms with van der Waals surface area (Å²) in [6.07, 6.45) is 0. The summed E-state index contributed by atoms with van der Waals surface area (Å²) >= 11 is 0. The summed E-state index contributed by atoms with van der Waals surface area (Å²) in [5.74, 6) is 0.481. The van der Waals surface area contributed by atoms with Gasteiger partial charge in [-0.2, -0.15) is 0 Å². The van der Waals surface area contributed by atoms with E-state index in [2.05, 4.69) is 0 Å². The molecule has 0 aliphatic rings. The maximum absolute atomic E-state index is 10.0. The van der Waals surface area contributed by atoms with Gasteiger partial charge in [0.2, 0.25) is 0 Å². The van der Waals surface area contributed by atoms with E-state index in [1.165, 1.54) is 0 Å². The molecular weight excluding hydrogens is 248 g/mol. The summed E-state index contributed by atoms with van der Waals surface area (Å²) in [4.78, 5) is 0. The topological polar surface area (TPSA) is 40.5 Å². The van der Waals surface area contributed by atoms with Crippen molar-refractivity contribution in [3.8, 4) is 33.8 Å². The second kappa shape index (κ2) is 5.10. The molecule has 0 bridgehead atoms. The normalized spacial score (nSPS) is 10.4. The van der Waals surface area contributed by atoms with Gasteiger partial charge in [0.25, 0.3) is 0 Å². The van der Waals surface area contributed by atoms with Gasteiger partial charge in [0.1, 0.15) is 11.5 Å². The maximum Gasteiger partial charge on any atom is 0.123 e. The van der Waals surface area contributed by atoms with E-state index in [0.29, 0.717) is 0 Å². The van der Waals surface area contributed by atoms with Crippen molar-refractivity contribution in [2.75, 3.05) is 0 Å². The number of benzene rings is 3. The quantitative estimate of drug-likeness (QED) is 0.717. The van der Waals surface area contributed by atoms with Crippen LogP contribution in [0, 0.1) is 0 Å². The van der Waals surface area contributed by atoms with E-state index in [0.717, 1.165) is 22.3 Å². The van der Waals surface area contributed by atoms with Gasteiger partial charge in [-0.25, -0.2) is 0 Å². The Morgan fingerprint density at radius 3 is 1.90 bits per heavy atom. The van der Waals surface area contributed by atoms with Crippen LogP contribution in [0.5, 0.6) is 11.5 Å². The number of rotatable bonds is 2. The highest BCUT2D eigenvalue weighted by Gasteiger charge is 2.10. The highest BCUT2D eigenvalue weighted by molar-refractivity contribution is 5.86. The summed E-state index contributed by atoms with van der Waals surface area (Å²) in [5.41, 5.74) is 3.62. The van der Waals surface area contributed by atoms with Crippen LogP contribution in [0.25, 0.3) is 22.3 Å². The molecule has 0 atom stereocenters. The Morgan fingerprint density at radius 2 is 1.20 bits per heavy atom. The molecular formula is C18H14O2. The second-order valence-electron chi connectivity index (χ2n) is 4.61. The van der Waals surface area contributed by atoms with Crippen LogP contribution in [0.15, 0.2) is 72.8 Å². The number of hydrogen-bond acceptors (Lipinski definition) is 2. The Balaban J connectivity index is 2.22. The number of aromatic hydroxyl groups is 2. The molecule has 0 saturated heterocycles. The predicted octanol–water partition coefficient (Wildman–Crippen LogP) is 4.43. The Bertz CT molecular complexity index is 748. The lowest BCUT2D eigenvalue weighted by Gasteiger charge is -2.11. The van der Waals surface area contributed by atoms with Gasteiger partial charge < -0.3 is 10.2 Å². The molecule has 2 N–H and O–H groups in total. The molecule has 3 rings (SSSR count). The second-order valence-corrected chi connectivity index (χ2v) is 4.61. The number of phenols is 2. The molecule has 0 fully saturated rings. The summed E-state index contributed by atoms with van der Waals surface area (Å²) in [6, 6.07) is 22.2. The van der Waals surface area contributed by atoms with Crippen molar-refractivity contribution in [2.24, 2.45) is 0 Å². The monoisotopic (exact) mass is 262 g/mol. The van der Waals surface area contributed by atoms with E-state index < -0.39 is 0 Å². The first-order valence-electron chi connectivity index (χ1n) is 6.42. The summed E-state index contributed by atoms with van der Waals surface area (Å²) < 4.78 is 0. The molecule has 98 valence electrons. The van der Waals surface area contributed by atoms with Crippen molar-refractivity contribution in [3.63, 3.8) is 0 Å². The van der Waals surface area contributed by atoms with Crippen molar-refractivity contribution >= 4 is 0 Å². The van der Waals surface area contributed by atoms with Crippen molar-refractivity contribution in [3.05, 3.63) is 72.8 Å². The molecule has 0 unspecified atom stereocenters. The minimum Gasteiger partial charge on any atom is -0.508 e. The maximum atomic E-state index is 10.0. The third-order valence-electron chi connectivity index (χ3n) is 3.28. The number of hydrogen-bond donors (Lipinski definition) is 2. The van der Waals surface area contributed by atoms with Gasteiger partial charge in [0.15, 0.2) is 0 Å². The SMILES string of the molecule is Oc1cccc(-c2ccccc2-c2ccccc2O)c1. The van der Waals surface area contributed by atoms with Crippen molar-refractivity contribution in [2.45, 2.75) is 0 Å². The lowest BCUT2D eigenvalue weighted by atomic mass is 9.94. The van der Waals surface area contributed by atoms with E-state index in [9.17, 15) is 10.2 Å². The van der Waals surface area contributed by atoms with Crippen LogP contribution in [0.2, 0.25) is 0 Å². The van der Waals surface area contributed by atoms with Crippen LogP contribution < -0.4 is 0 Å². The van der Waals surface area contributed by atoms with Crippen LogP contribution in [-0.4, -0.2) is 10.2 Å². The largest absolute Gasteiger partial charge is 0.508 e. The van der Waals surface area contributed by atoms with Crippen molar-refractivity contribution in [1.82, 2.24) is 0 Å². The number of phenolic OH excluding ortho intramolecular Hbond substituents is 2. The molecule has 0 aliphatic carbocycles. The van der Waals surface area contributed by atoms with Crippen LogP contribution in [0.1, 0.15) is 0 Å². The fourth-order valence-corrected chi connectivity index (χ4v) is 2.34. The van der Waals surface area contributed by atoms with Crippen LogP contribution in [0.3, 0.4) is 0 Å². The van der Waals surface area contributed by atoms with Crippen LogP contribution in [-0.2, 0) is 0 Å². The van der Waals surface area contributed by atoms with E-state index in [1.54, 1.807) is 24.3 Å². The zero-order chi connectivity index (χ0) is 13.9. The standard InChI is InChI=1S/C18H14O2/c19-14-7-5-6-13(12-14)15-8-1-2-9-16(15)17-10-3-4-11-18(17)20/h1-12,19-20H. The molecule has 0 heterocycles. The van der Waals surface area contributed by atoms with Gasteiger partial charge in [-0.3, -0.25) is 0 Å². The first kappa shape index (κ1) is 12.3.